The summed E-state index contributed by atoms with van der Waals surface area (Å²) in [5.74, 6) is -0.517. The van der Waals surface area contributed by atoms with E-state index in [1.54, 1.807) is 16.9 Å². The number of aromatic nitrogens is 3. The Labute approximate surface area is 80.5 Å². The molecule has 0 unspecified atom stereocenters. The first-order chi connectivity index (χ1) is 6.59. The summed E-state index contributed by atoms with van der Waals surface area (Å²) in [5.41, 5.74) is 7.07. The van der Waals surface area contributed by atoms with Gasteiger partial charge in [0.05, 0.1) is 11.7 Å². The number of aryl methyl sites for hydroxylation is 2. The Kier molecular flexibility index (Phi) is 1.73. The summed E-state index contributed by atoms with van der Waals surface area (Å²) < 4.78 is 1.69. The Balaban J connectivity index is 2.82. The summed E-state index contributed by atoms with van der Waals surface area (Å²) in [6.07, 6.45) is 1.72. The van der Waals surface area contributed by atoms with Crippen molar-refractivity contribution >= 4 is 16.8 Å². The Bertz CT molecular complexity index is 515. The van der Waals surface area contributed by atoms with Gasteiger partial charge in [-0.2, -0.15) is 5.10 Å². The molecule has 0 bridgehead atoms. The molecule has 5 heteroatoms. The highest BCUT2D eigenvalue weighted by Crippen LogP contribution is 2.16. The minimum Gasteiger partial charge on any atom is -0.364 e. The number of carbonyl (C=O) groups excluding carboxylic acids is 1. The lowest BCUT2D eigenvalue weighted by Crippen LogP contribution is -2.13. The van der Waals surface area contributed by atoms with Crippen molar-refractivity contribution in [3.63, 3.8) is 0 Å². The van der Waals surface area contributed by atoms with Crippen LogP contribution in [0.25, 0.3) is 10.9 Å². The SMILES string of the molecule is Cc1nc(C(N)=O)cc2c1cnn2C. The second-order valence-electron chi connectivity index (χ2n) is 3.16. The van der Waals surface area contributed by atoms with Crippen LogP contribution in [0.3, 0.4) is 0 Å². The van der Waals surface area contributed by atoms with Crippen molar-refractivity contribution in [2.24, 2.45) is 12.8 Å². The summed E-state index contributed by atoms with van der Waals surface area (Å²) in [6.45, 7) is 1.83. The van der Waals surface area contributed by atoms with Crippen LogP contribution in [-0.2, 0) is 7.05 Å². The predicted octanol–water partition coefficient (Wildman–Crippen LogP) is 0.376. The predicted molar refractivity (Wildman–Crippen MR) is 51.8 cm³/mol. The molecule has 2 aromatic heterocycles. The molecular formula is C9H10N4O. The monoisotopic (exact) mass is 190 g/mol. The van der Waals surface area contributed by atoms with Crippen LogP contribution in [0.2, 0.25) is 0 Å². The fourth-order valence-corrected chi connectivity index (χ4v) is 1.43. The van der Waals surface area contributed by atoms with Gasteiger partial charge in [-0.15, -0.1) is 0 Å². The molecule has 1 amide bonds. The van der Waals surface area contributed by atoms with Gasteiger partial charge in [-0.3, -0.25) is 9.48 Å². The lowest BCUT2D eigenvalue weighted by Gasteiger charge is -2.00. The number of hydrogen-bond acceptors (Lipinski definition) is 3. The lowest BCUT2D eigenvalue weighted by atomic mass is 10.2. The van der Waals surface area contributed by atoms with E-state index in [1.807, 2.05) is 14.0 Å². The van der Waals surface area contributed by atoms with E-state index in [2.05, 4.69) is 10.1 Å². The van der Waals surface area contributed by atoms with Gasteiger partial charge in [0.1, 0.15) is 5.69 Å². The topological polar surface area (TPSA) is 73.8 Å². The van der Waals surface area contributed by atoms with Crippen molar-refractivity contribution in [1.29, 1.82) is 0 Å². The molecule has 2 aromatic rings. The number of carbonyl (C=O) groups is 1. The molecule has 0 aliphatic rings. The van der Waals surface area contributed by atoms with Crippen LogP contribution in [0.1, 0.15) is 16.2 Å². The average Bonchev–Trinajstić information content (AvgIpc) is 2.48. The normalized spacial score (nSPS) is 10.7. The van der Waals surface area contributed by atoms with E-state index < -0.39 is 5.91 Å². The van der Waals surface area contributed by atoms with E-state index in [4.69, 9.17) is 5.73 Å². The molecule has 0 saturated carbocycles. The first-order valence-electron chi connectivity index (χ1n) is 4.19. The van der Waals surface area contributed by atoms with Crippen molar-refractivity contribution in [3.05, 3.63) is 23.7 Å². The maximum atomic E-state index is 11.0. The third-order valence-corrected chi connectivity index (χ3v) is 2.19. The van der Waals surface area contributed by atoms with Gasteiger partial charge in [0.15, 0.2) is 0 Å². The summed E-state index contributed by atoms with van der Waals surface area (Å²) in [5, 5.41) is 5.02. The van der Waals surface area contributed by atoms with E-state index >= 15 is 0 Å². The van der Waals surface area contributed by atoms with Gasteiger partial charge in [-0.1, -0.05) is 0 Å². The number of rotatable bonds is 1. The molecule has 2 rings (SSSR count). The number of pyridine rings is 1. The highest BCUT2D eigenvalue weighted by molar-refractivity contribution is 5.95. The maximum Gasteiger partial charge on any atom is 0.267 e. The highest BCUT2D eigenvalue weighted by atomic mass is 16.1. The molecule has 14 heavy (non-hydrogen) atoms. The van der Waals surface area contributed by atoms with Crippen molar-refractivity contribution in [2.75, 3.05) is 0 Å². The molecule has 0 atom stereocenters. The van der Waals surface area contributed by atoms with E-state index in [0.717, 1.165) is 16.6 Å². The van der Waals surface area contributed by atoms with Gasteiger partial charge in [0.2, 0.25) is 0 Å². The molecule has 2 N–H and O–H groups in total. The molecule has 0 aliphatic carbocycles. The zero-order valence-corrected chi connectivity index (χ0v) is 7.98. The smallest absolute Gasteiger partial charge is 0.267 e. The van der Waals surface area contributed by atoms with E-state index in [1.165, 1.54) is 0 Å². The van der Waals surface area contributed by atoms with Gasteiger partial charge in [0, 0.05) is 18.1 Å². The molecule has 72 valence electrons. The fourth-order valence-electron chi connectivity index (χ4n) is 1.43. The molecule has 0 fully saturated rings. The van der Waals surface area contributed by atoms with Crippen LogP contribution in [0.5, 0.6) is 0 Å². The number of nitrogens with two attached hydrogens (primary N) is 1. The maximum absolute atomic E-state index is 11.0. The van der Waals surface area contributed by atoms with Crippen LogP contribution in [-0.4, -0.2) is 20.7 Å². The Hall–Kier alpha value is -1.91. The average molecular weight is 190 g/mol. The van der Waals surface area contributed by atoms with Crippen LogP contribution in [0.4, 0.5) is 0 Å². The molecule has 0 saturated heterocycles. The van der Waals surface area contributed by atoms with Crippen molar-refractivity contribution < 1.29 is 4.79 Å². The molecule has 0 aromatic carbocycles. The summed E-state index contributed by atoms with van der Waals surface area (Å²) in [4.78, 5) is 15.0. The van der Waals surface area contributed by atoms with Gasteiger partial charge in [0.25, 0.3) is 5.91 Å². The number of primary amides is 1. The van der Waals surface area contributed by atoms with Crippen LogP contribution in [0.15, 0.2) is 12.3 Å². The van der Waals surface area contributed by atoms with Crippen LogP contribution >= 0.6 is 0 Å². The molecule has 2 heterocycles. The minimum atomic E-state index is -0.517. The molecule has 5 nitrogen and oxygen atoms in total. The van der Waals surface area contributed by atoms with Gasteiger partial charge in [-0.05, 0) is 13.0 Å². The lowest BCUT2D eigenvalue weighted by molar-refractivity contribution is 0.0995. The minimum absolute atomic E-state index is 0.276. The second kappa shape index (κ2) is 2.80. The first kappa shape index (κ1) is 8.68. The number of amides is 1. The summed E-state index contributed by atoms with van der Waals surface area (Å²) in [7, 11) is 1.81. The molecule has 0 aliphatic heterocycles. The zero-order valence-electron chi connectivity index (χ0n) is 7.98. The standard InChI is InChI=1S/C9H10N4O/c1-5-6-4-11-13(2)8(6)3-7(12-5)9(10)14/h3-4H,1-2H3,(H2,10,14). The zero-order chi connectivity index (χ0) is 10.3. The number of fused-ring (bicyclic) bond motifs is 1. The van der Waals surface area contributed by atoms with Crippen molar-refractivity contribution in [3.8, 4) is 0 Å². The van der Waals surface area contributed by atoms with Crippen molar-refractivity contribution in [1.82, 2.24) is 14.8 Å². The number of hydrogen-bond donors (Lipinski definition) is 1. The van der Waals surface area contributed by atoms with Gasteiger partial charge in [-0.25, -0.2) is 4.98 Å². The second-order valence-corrected chi connectivity index (χ2v) is 3.16. The van der Waals surface area contributed by atoms with Gasteiger partial charge >= 0.3 is 0 Å². The van der Waals surface area contributed by atoms with Gasteiger partial charge < -0.3 is 5.73 Å². The largest absolute Gasteiger partial charge is 0.364 e. The Morgan fingerprint density at radius 1 is 1.57 bits per heavy atom. The van der Waals surface area contributed by atoms with Crippen molar-refractivity contribution in [2.45, 2.75) is 6.92 Å². The first-order valence-corrected chi connectivity index (χ1v) is 4.19. The van der Waals surface area contributed by atoms with E-state index in [0.29, 0.717) is 0 Å². The highest BCUT2D eigenvalue weighted by Gasteiger charge is 2.09. The summed E-state index contributed by atoms with van der Waals surface area (Å²) in [6, 6.07) is 1.65. The molecular weight excluding hydrogens is 180 g/mol. The van der Waals surface area contributed by atoms with E-state index in [9.17, 15) is 4.79 Å². The summed E-state index contributed by atoms with van der Waals surface area (Å²) >= 11 is 0. The molecule has 0 radical (unpaired) electrons. The van der Waals surface area contributed by atoms with E-state index in [-0.39, 0.29) is 5.69 Å². The molecule has 0 spiro atoms. The Morgan fingerprint density at radius 3 is 2.93 bits per heavy atom. The fraction of sp³-hybridized carbons (Fsp3) is 0.222. The Morgan fingerprint density at radius 2 is 2.29 bits per heavy atom. The van der Waals surface area contributed by atoms with Crippen LogP contribution < -0.4 is 5.73 Å². The third-order valence-electron chi connectivity index (χ3n) is 2.19. The van der Waals surface area contributed by atoms with Crippen LogP contribution in [0, 0.1) is 6.92 Å². The third kappa shape index (κ3) is 1.14. The number of nitrogens with zero attached hydrogens (tertiary/aromatic N) is 3. The quantitative estimate of drug-likeness (QED) is 0.706.